The van der Waals surface area contributed by atoms with E-state index in [2.05, 4.69) is 10.6 Å². The molecule has 1 aromatic carbocycles. The molecule has 2 aromatic rings. The van der Waals surface area contributed by atoms with Crippen molar-refractivity contribution in [2.45, 2.75) is 6.92 Å². The third kappa shape index (κ3) is 2.22. The van der Waals surface area contributed by atoms with Crippen LogP contribution in [0, 0.1) is 12.8 Å². The van der Waals surface area contributed by atoms with E-state index >= 15 is 0 Å². The fourth-order valence-electron chi connectivity index (χ4n) is 2.24. The van der Waals surface area contributed by atoms with Gasteiger partial charge < -0.3 is 15.1 Å². The van der Waals surface area contributed by atoms with Crippen LogP contribution in [-0.2, 0) is 0 Å². The number of hydrogen-bond acceptors (Lipinski definition) is 3. The number of fused-ring (bicyclic) bond motifs is 1. The molecular formula is C14H15ClN2O2. The lowest BCUT2D eigenvalue weighted by Crippen LogP contribution is -2.48. The van der Waals surface area contributed by atoms with Crippen molar-refractivity contribution in [3.63, 3.8) is 0 Å². The summed E-state index contributed by atoms with van der Waals surface area (Å²) in [5.41, 5.74) is 1.42. The highest BCUT2D eigenvalue weighted by atomic mass is 35.5. The van der Waals surface area contributed by atoms with Gasteiger partial charge in [-0.2, -0.15) is 0 Å². The third-order valence-electron chi connectivity index (χ3n) is 3.54. The highest BCUT2D eigenvalue weighted by Gasteiger charge is 2.21. The van der Waals surface area contributed by atoms with Gasteiger partial charge in [-0.05, 0) is 13.0 Å². The average molecular weight is 279 g/mol. The standard InChI is InChI=1S/C14H15ClN2O2/c1-8-10-3-2-4-11(15)13(10)19-12(8)14(18)17-7-9-5-16-6-9/h2-4,9,16H,5-7H2,1H3,(H,17,18). The van der Waals surface area contributed by atoms with Crippen LogP contribution in [0.15, 0.2) is 22.6 Å². The van der Waals surface area contributed by atoms with E-state index in [0.717, 1.165) is 24.0 Å². The highest BCUT2D eigenvalue weighted by Crippen LogP contribution is 2.30. The summed E-state index contributed by atoms with van der Waals surface area (Å²) >= 11 is 6.07. The molecule has 1 aliphatic rings. The van der Waals surface area contributed by atoms with Crippen LogP contribution >= 0.6 is 11.6 Å². The molecule has 0 saturated carbocycles. The summed E-state index contributed by atoms with van der Waals surface area (Å²) in [6, 6.07) is 5.52. The first-order valence-corrected chi connectivity index (χ1v) is 6.71. The predicted octanol–water partition coefficient (Wildman–Crippen LogP) is 2.34. The second kappa shape index (κ2) is 4.87. The first-order chi connectivity index (χ1) is 9.16. The normalized spacial score (nSPS) is 15.5. The van der Waals surface area contributed by atoms with Crippen LogP contribution in [0.1, 0.15) is 16.1 Å². The minimum absolute atomic E-state index is 0.170. The van der Waals surface area contributed by atoms with E-state index in [9.17, 15) is 4.79 Å². The highest BCUT2D eigenvalue weighted by molar-refractivity contribution is 6.35. The number of carbonyl (C=O) groups is 1. The molecule has 2 heterocycles. The summed E-state index contributed by atoms with van der Waals surface area (Å²) in [5.74, 6) is 0.712. The Hall–Kier alpha value is -1.52. The lowest BCUT2D eigenvalue weighted by Gasteiger charge is -2.26. The maximum Gasteiger partial charge on any atom is 0.287 e. The van der Waals surface area contributed by atoms with Crippen molar-refractivity contribution in [2.75, 3.05) is 19.6 Å². The van der Waals surface area contributed by atoms with Crippen LogP contribution in [0.3, 0.4) is 0 Å². The van der Waals surface area contributed by atoms with E-state index < -0.39 is 0 Å². The summed E-state index contributed by atoms with van der Waals surface area (Å²) in [5, 5.41) is 7.50. The Kier molecular flexibility index (Phi) is 3.21. The van der Waals surface area contributed by atoms with Crippen molar-refractivity contribution in [1.82, 2.24) is 10.6 Å². The average Bonchev–Trinajstić information content (AvgIpc) is 2.67. The summed E-state index contributed by atoms with van der Waals surface area (Å²) in [6.07, 6.45) is 0. The van der Waals surface area contributed by atoms with E-state index in [1.54, 1.807) is 6.07 Å². The first-order valence-electron chi connectivity index (χ1n) is 6.33. The Labute approximate surface area is 116 Å². The molecule has 100 valence electrons. The molecule has 1 saturated heterocycles. The molecule has 19 heavy (non-hydrogen) atoms. The van der Waals surface area contributed by atoms with Gasteiger partial charge in [0, 0.05) is 36.5 Å². The maximum absolute atomic E-state index is 12.1. The third-order valence-corrected chi connectivity index (χ3v) is 3.84. The SMILES string of the molecule is Cc1c(C(=O)NCC2CNC2)oc2c(Cl)cccc12. The number of rotatable bonds is 3. The van der Waals surface area contributed by atoms with Crippen molar-refractivity contribution in [1.29, 1.82) is 0 Å². The minimum Gasteiger partial charge on any atom is -0.449 e. The minimum atomic E-state index is -0.170. The molecule has 0 unspecified atom stereocenters. The summed E-state index contributed by atoms with van der Waals surface area (Å²) in [6.45, 7) is 4.48. The van der Waals surface area contributed by atoms with Gasteiger partial charge in [-0.25, -0.2) is 0 Å². The second-order valence-electron chi connectivity index (χ2n) is 4.91. The summed E-state index contributed by atoms with van der Waals surface area (Å²) in [4.78, 5) is 12.1. The van der Waals surface area contributed by atoms with Gasteiger partial charge in [0.25, 0.3) is 5.91 Å². The lowest BCUT2D eigenvalue weighted by atomic mass is 10.0. The van der Waals surface area contributed by atoms with Crippen molar-refractivity contribution in [3.05, 3.63) is 34.5 Å². The zero-order chi connectivity index (χ0) is 13.4. The molecule has 3 rings (SSSR count). The largest absolute Gasteiger partial charge is 0.449 e. The Morgan fingerprint density at radius 3 is 2.95 bits per heavy atom. The molecule has 0 atom stereocenters. The number of nitrogens with one attached hydrogen (secondary N) is 2. The number of furan rings is 1. The topological polar surface area (TPSA) is 54.3 Å². The van der Waals surface area contributed by atoms with Gasteiger partial charge in [0.15, 0.2) is 11.3 Å². The van der Waals surface area contributed by atoms with Crippen molar-refractivity contribution in [3.8, 4) is 0 Å². The molecular weight excluding hydrogens is 264 g/mol. The van der Waals surface area contributed by atoms with E-state index in [1.165, 1.54) is 0 Å². The second-order valence-corrected chi connectivity index (χ2v) is 5.31. The quantitative estimate of drug-likeness (QED) is 0.906. The Morgan fingerprint density at radius 1 is 1.53 bits per heavy atom. The van der Waals surface area contributed by atoms with Gasteiger partial charge in [-0.3, -0.25) is 4.79 Å². The Bertz CT molecular complexity index is 632. The zero-order valence-corrected chi connectivity index (χ0v) is 11.4. The zero-order valence-electron chi connectivity index (χ0n) is 10.6. The number of benzene rings is 1. The molecule has 1 fully saturated rings. The van der Waals surface area contributed by atoms with Gasteiger partial charge in [-0.15, -0.1) is 0 Å². The molecule has 0 bridgehead atoms. The molecule has 0 radical (unpaired) electrons. The van der Waals surface area contributed by atoms with Crippen LogP contribution < -0.4 is 10.6 Å². The van der Waals surface area contributed by atoms with Gasteiger partial charge >= 0.3 is 0 Å². The molecule has 5 heteroatoms. The molecule has 1 aromatic heterocycles. The van der Waals surface area contributed by atoms with Gasteiger partial charge in [0.1, 0.15) is 0 Å². The number of hydrogen-bond donors (Lipinski definition) is 2. The monoisotopic (exact) mass is 278 g/mol. The van der Waals surface area contributed by atoms with Crippen LogP contribution in [0.25, 0.3) is 11.0 Å². The van der Waals surface area contributed by atoms with Crippen LogP contribution in [0.4, 0.5) is 0 Å². The van der Waals surface area contributed by atoms with Crippen molar-refractivity contribution >= 4 is 28.5 Å². The number of amides is 1. The lowest BCUT2D eigenvalue weighted by molar-refractivity contribution is 0.0915. The van der Waals surface area contributed by atoms with E-state index in [4.69, 9.17) is 16.0 Å². The molecule has 2 N–H and O–H groups in total. The van der Waals surface area contributed by atoms with Crippen LogP contribution in [-0.4, -0.2) is 25.5 Å². The van der Waals surface area contributed by atoms with Gasteiger partial charge in [0.05, 0.1) is 5.02 Å². The van der Waals surface area contributed by atoms with Crippen molar-refractivity contribution < 1.29 is 9.21 Å². The Morgan fingerprint density at radius 2 is 2.32 bits per heavy atom. The Balaban J connectivity index is 1.85. The molecule has 1 aliphatic heterocycles. The number of aryl methyl sites for hydroxylation is 1. The van der Waals surface area contributed by atoms with E-state index in [1.807, 2.05) is 19.1 Å². The first kappa shape index (κ1) is 12.5. The molecule has 1 amide bonds. The fraction of sp³-hybridized carbons (Fsp3) is 0.357. The molecule has 0 aliphatic carbocycles. The predicted molar refractivity (Wildman–Crippen MR) is 74.7 cm³/mol. The maximum atomic E-state index is 12.1. The number of carbonyl (C=O) groups excluding carboxylic acids is 1. The number of halogens is 1. The molecule has 0 spiro atoms. The van der Waals surface area contributed by atoms with Crippen molar-refractivity contribution in [2.24, 2.45) is 5.92 Å². The summed E-state index contributed by atoms with van der Waals surface area (Å²) in [7, 11) is 0. The van der Waals surface area contributed by atoms with Gasteiger partial charge in [-0.1, -0.05) is 23.7 Å². The van der Waals surface area contributed by atoms with Gasteiger partial charge in [0.2, 0.25) is 0 Å². The van der Waals surface area contributed by atoms with Crippen LogP contribution in [0.5, 0.6) is 0 Å². The fourth-order valence-corrected chi connectivity index (χ4v) is 2.45. The van der Waals surface area contributed by atoms with E-state index in [0.29, 0.717) is 28.8 Å². The van der Waals surface area contributed by atoms with E-state index in [-0.39, 0.29) is 5.91 Å². The smallest absolute Gasteiger partial charge is 0.287 e. The number of para-hydroxylation sites is 1. The molecule has 4 nitrogen and oxygen atoms in total. The van der Waals surface area contributed by atoms with Crippen LogP contribution in [0.2, 0.25) is 5.02 Å². The summed E-state index contributed by atoms with van der Waals surface area (Å²) < 4.78 is 5.62.